The average molecular weight is 357 g/mol. The molecule has 0 aliphatic carbocycles. The molecule has 6 heteroatoms. The van der Waals surface area contributed by atoms with Crippen LogP contribution in [0.3, 0.4) is 0 Å². The summed E-state index contributed by atoms with van der Waals surface area (Å²) < 4.78 is 10.9. The first-order chi connectivity index (χ1) is 12.5. The molecule has 6 nitrogen and oxygen atoms in total. The van der Waals surface area contributed by atoms with E-state index in [0.717, 1.165) is 12.0 Å². The Morgan fingerprint density at radius 1 is 1.12 bits per heavy atom. The summed E-state index contributed by atoms with van der Waals surface area (Å²) >= 11 is 0. The van der Waals surface area contributed by atoms with Crippen molar-refractivity contribution in [3.05, 3.63) is 59.2 Å². The van der Waals surface area contributed by atoms with Gasteiger partial charge in [0.1, 0.15) is 11.5 Å². The van der Waals surface area contributed by atoms with Gasteiger partial charge < -0.3 is 19.5 Å². The van der Waals surface area contributed by atoms with Gasteiger partial charge in [-0.05, 0) is 36.2 Å². The summed E-state index contributed by atoms with van der Waals surface area (Å²) in [6.07, 6.45) is 0.830. The molecule has 0 fully saturated rings. The lowest BCUT2D eigenvalue weighted by atomic mass is 10.1. The fourth-order valence-corrected chi connectivity index (χ4v) is 2.44. The first-order valence-electron chi connectivity index (χ1n) is 8.34. The Morgan fingerprint density at radius 2 is 1.81 bits per heavy atom. The molecule has 1 amide bonds. The average Bonchev–Trinajstić information content (AvgIpc) is 2.65. The van der Waals surface area contributed by atoms with Crippen LogP contribution >= 0.6 is 0 Å². The number of carboxylic acid groups (broad SMARTS) is 1. The minimum Gasteiger partial charge on any atom is -0.497 e. The van der Waals surface area contributed by atoms with E-state index in [1.807, 2.05) is 6.92 Å². The number of rotatable bonds is 8. The van der Waals surface area contributed by atoms with Crippen LogP contribution in [0.15, 0.2) is 42.5 Å². The second kappa shape index (κ2) is 8.89. The van der Waals surface area contributed by atoms with Gasteiger partial charge in [-0.15, -0.1) is 0 Å². The third-order valence-corrected chi connectivity index (χ3v) is 3.85. The van der Waals surface area contributed by atoms with Crippen LogP contribution in [0.5, 0.6) is 11.5 Å². The molecule has 0 heterocycles. The zero-order chi connectivity index (χ0) is 19.1. The van der Waals surface area contributed by atoms with Gasteiger partial charge in [0, 0.05) is 19.7 Å². The SMILES string of the molecule is CCCOc1cc(OC)ccc1C(=O)N(C)Cc1ccc(C(=O)O)cc1. The zero-order valence-electron chi connectivity index (χ0n) is 15.2. The molecule has 26 heavy (non-hydrogen) atoms. The van der Waals surface area contributed by atoms with Gasteiger partial charge in [-0.3, -0.25) is 4.79 Å². The molecule has 0 radical (unpaired) electrons. The summed E-state index contributed by atoms with van der Waals surface area (Å²) in [6, 6.07) is 11.6. The zero-order valence-corrected chi connectivity index (χ0v) is 15.2. The van der Waals surface area contributed by atoms with Crippen molar-refractivity contribution < 1.29 is 24.2 Å². The summed E-state index contributed by atoms with van der Waals surface area (Å²) in [7, 11) is 3.26. The first-order valence-corrected chi connectivity index (χ1v) is 8.34. The minimum atomic E-state index is -0.975. The molecule has 0 aliphatic heterocycles. The van der Waals surface area contributed by atoms with Crippen LogP contribution in [0.2, 0.25) is 0 Å². The largest absolute Gasteiger partial charge is 0.497 e. The fourth-order valence-electron chi connectivity index (χ4n) is 2.44. The molecule has 0 saturated heterocycles. The van der Waals surface area contributed by atoms with Gasteiger partial charge in [-0.1, -0.05) is 19.1 Å². The number of hydrogen-bond acceptors (Lipinski definition) is 4. The van der Waals surface area contributed by atoms with Crippen LogP contribution in [0.25, 0.3) is 0 Å². The fraction of sp³-hybridized carbons (Fsp3) is 0.300. The van der Waals surface area contributed by atoms with Gasteiger partial charge in [0.15, 0.2) is 0 Å². The lowest BCUT2D eigenvalue weighted by Gasteiger charge is -2.20. The molecule has 1 N–H and O–H groups in total. The monoisotopic (exact) mass is 357 g/mol. The number of carboxylic acids is 1. The summed E-state index contributed by atoms with van der Waals surface area (Å²) in [4.78, 5) is 25.3. The van der Waals surface area contributed by atoms with Crippen LogP contribution in [0.1, 0.15) is 39.6 Å². The summed E-state index contributed by atoms with van der Waals surface area (Å²) in [5, 5.41) is 8.95. The van der Waals surface area contributed by atoms with Crippen molar-refractivity contribution in [3.8, 4) is 11.5 Å². The molecule has 0 saturated carbocycles. The molecule has 2 rings (SSSR count). The van der Waals surface area contributed by atoms with Gasteiger partial charge in [-0.25, -0.2) is 4.79 Å². The van der Waals surface area contributed by atoms with E-state index in [-0.39, 0.29) is 11.5 Å². The van der Waals surface area contributed by atoms with Crippen molar-refractivity contribution in [1.82, 2.24) is 4.90 Å². The molecule has 0 aliphatic rings. The Hall–Kier alpha value is -3.02. The summed E-state index contributed by atoms with van der Waals surface area (Å²) in [5.74, 6) is -0.0400. The lowest BCUT2D eigenvalue weighted by Crippen LogP contribution is -2.26. The summed E-state index contributed by atoms with van der Waals surface area (Å²) in [5.41, 5.74) is 1.52. The van der Waals surface area contributed by atoms with E-state index in [2.05, 4.69) is 0 Å². The van der Waals surface area contributed by atoms with Gasteiger partial charge in [0.05, 0.1) is 24.8 Å². The minimum absolute atomic E-state index is 0.180. The molecule has 0 atom stereocenters. The van der Waals surface area contributed by atoms with Crippen LogP contribution in [0.4, 0.5) is 0 Å². The van der Waals surface area contributed by atoms with E-state index in [1.54, 1.807) is 49.4 Å². The molecule has 138 valence electrons. The number of amides is 1. The van der Waals surface area contributed by atoms with Crippen molar-refractivity contribution in [2.24, 2.45) is 0 Å². The van der Waals surface area contributed by atoms with Crippen LogP contribution in [-0.2, 0) is 6.54 Å². The maximum Gasteiger partial charge on any atom is 0.335 e. The maximum absolute atomic E-state index is 12.8. The van der Waals surface area contributed by atoms with Crippen molar-refractivity contribution in [2.75, 3.05) is 20.8 Å². The maximum atomic E-state index is 12.8. The van der Waals surface area contributed by atoms with Crippen LogP contribution in [0, 0.1) is 0 Å². The van der Waals surface area contributed by atoms with Gasteiger partial charge in [0.25, 0.3) is 5.91 Å². The topological polar surface area (TPSA) is 76.1 Å². The van der Waals surface area contributed by atoms with Gasteiger partial charge >= 0.3 is 5.97 Å². The molecular weight excluding hydrogens is 334 g/mol. The predicted molar refractivity (Wildman–Crippen MR) is 98.0 cm³/mol. The lowest BCUT2D eigenvalue weighted by molar-refractivity contribution is 0.0695. The Balaban J connectivity index is 2.17. The Kier molecular flexibility index (Phi) is 6.60. The van der Waals surface area contributed by atoms with E-state index in [0.29, 0.717) is 30.2 Å². The summed E-state index contributed by atoms with van der Waals surface area (Å²) in [6.45, 7) is 2.86. The van der Waals surface area contributed by atoms with E-state index in [9.17, 15) is 9.59 Å². The third kappa shape index (κ3) is 4.75. The first kappa shape index (κ1) is 19.3. The Bertz CT molecular complexity index is 770. The number of nitrogens with zero attached hydrogens (tertiary/aromatic N) is 1. The quantitative estimate of drug-likeness (QED) is 0.783. The molecule has 0 spiro atoms. The van der Waals surface area contributed by atoms with Crippen molar-refractivity contribution in [1.29, 1.82) is 0 Å². The number of aromatic carboxylic acids is 1. The Morgan fingerprint density at radius 3 is 2.38 bits per heavy atom. The number of carbonyl (C=O) groups is 2. The number of ether oxygens (including phenoxy) is 2. The molecule has 2 aromatic carbocycles. The van der Waals surface area contributed by atoms with Crippen LogP contribution in [-0.4, -0.2) is 42.6 Å². The van der Waals surface area contributed by atoms with Gasteiger partial charge in [0.2, 0.25) is 0 Å². The number of hydrogen-bond donors (Lipinski definition) is 1. The highest BCUT2D eigenvalue weighted by Gasteiger charge is 2.18. The highest BCUT2D eigenvalue weighted by molar-refractivity contribution is 5.97. The Labute approximate surface area is 153 Å². The van der Waals surface area contributed by atoms with E-state index in [1.165, 1.54) is 12.1 Å². The van der Waals surface area contributed by atoms with Crippen LogP contribution < -0.4 is 9.47 Å². The smallest absolute Gasteiger partial charge is 0.335 e. The second-order valence-corrected chi connectivity index (χ2v) is 5.87. The van der Waals surface area contributed by atoms with E-state index >= 15 is 0 Å². The van der Waals surface area contributed by atoms with Crippen molar-refractivity contribution in [3.63, 3.8) is 0 Å². The second-order valence-electron chi connectivity index (χ2n) is 5.87. The highest BCUT2D eigenvalue weighted by Crippen LogP contribution is 2.26. The standard InChI is InChI=1S/C20H23NO5/c1-4-11-26-18-12-16(25-3)9-10-17(18)19(22)21(2)13-14-5-7-15(8-6-14)20(23)24/h5-10,12H,4,11,13H2,1-3H3,(H,23,24). The molecule has 2 aromatic rings. The van der Waals surface area contributed by atoms with E-state index in [4.69, 9.17) is 14.6 Å². The number of benzene rings is 2. The number of carbonyl (C=O) groups excluding carboxylic acids is 1. The number of methoxy groups -OCH3 is 1. The predicted octanol–water partition coefficient (Wildman–Crippen LogP) is 3.45. The van der Waals surface area contributed by atoms with Gasteiger partial charge in [-0.2, -0.15) is 0 Å². The van der Waals surface area contributed by atoms with E-state index < -0.39 is 5.97 Å². The molecular formula is C20H23NO5. The highest BCUT2D eigenvalue weighted by atomic mass is 16.5. The molecule has 0 unspecified atom stereocenters. The molecule has 0 bridgehead atoms. The normalized spacial score (nSPS) is 10.3. The third-order valence-electron chi connectivity index (χ3n) is 3.85. The van der Waals surface area contributed by atoms with Crippen molar-refractivity contribution in [2.45, 2.75) is 19.9 Å². The molecule has 0 aromatic heterocycles. The van der Waals surface area contributed by atoms with Crippen molar-refractivity contribution >= 4 is 11.9 Å².